The van der Waals surface area contributed by atoms with E-state index in [9.17, 15) is 17.9 Å². The van der Waals surface area contributed by atoms with Gasteiger partial charge in [-0.3, -0.25) is 4.90 Å². The normalized spacial score (nSPS) is 18.0. The van der Waals surface area contributed by atoms with E-state index < -0.39 is 15.7 Å². The molecule has 1 aliphatic heterocycles. The van der Waals surface area contributed by atoms with E-state index in [1.165, 1.54) is 12.1 Å². The zero-order chi connectivity index (χ0) is 16.4. The standard InChI is InChI=1S/C17H18FNO3S/c18-16-6-5-15(11-17(16)20)14-3-1-13(2-4-14)12-19-7-9-23(21,22)10-8-19/h1-6,11,20H,7-10,12H2. The largest absolute Gasteiger partial charge is 0.505 e. The van der Waals surface area contributed by atoms with Gasteiger partial charge in [0, 0.05) is 19.6 Å². The Kier molecular flexibility index (Phi) is 4.37. The van der Waals surface area contributed by atoms with Crippen molar-refractivity contribution in [1.82, 2.24) is 4.90 Å². The van der Waals surface area contributed by atoms with E-state index in [1.807, 2.05) is 24.3 Å². The Hall–Kier alpha value is -1.92. The maximum absolute atomic E-state index is 13.1. The quantitative estimate of drug-likeness (QED) is 0.936. The van der Waals surface area contributed by atoms with Gasteiger partial charge in [-0.15, -0.1) is 0 Å². The molecule has 0 bridgehead atoms. The number of phenolic OH excluding ortho intramolecular Hbond substituents is 1. The van der Waals surface area contributed by atoms with Crippen molar-refractivity contribution in [3.05, 3.63) is 53.8 Å². The molecule has 0 unspecified atom stereocenters. The number of sulfone groups is 1. The molecule has 0 radical (unpaired) electrons. The Balaban J connectivity index is 1.69. The number of aromatic hydroxyl groups is 1. The van der Waals surface area contributed by atoms with Crippen molar-refractivity contribution < 1.29 is 17.9 Å². The molecule has 3 rings (SSSR count). The van der Waals surface area contributed by atoms with Crippen LogP contribution in [0.4, 0.5) is 4.39 Å². The predicted octanol–water partition coefficient (Wildman–Crippen LogP) is 2.43. The van der Waals surface area contributed by atoms with Gasteiger partial charge in [-0.05, 0) is 28.8 Å². The molecule has 1 N–H and O–H groups in total. The molecule has 1 fully saturated rings. The van der Waals surface area contributed by atoms with E-state index >= 15 is 0 Å². The molecule has 0 atom stereocenters. The molecule has 1 saturated heterocycles. The second kappa shape index (κ2) is 6.29. The summed E-state index contributed by atoms with van der Waals surface area (Å²) < 4.78 is 36.0. The molecule has 1 aliphatic rings. The highest BCUT2D eigenvalue weighted by Crippen LogP contribution is 2.26. The van der Waals surface area contributed by atoms with E-state index in [-0.39, 0.29) is 17.3 Å². The van der Waals surface area contributed by atoms with Gasteiger partial charge in [0.25, 0.3) is 0 Å². The zero-order valence-corrected chi connectivity index (χ0v) is 13.4. The topological polar surface area (TPSA) is 57.6 Å². The van der Waals surface area contributed by atoms with Crippen molar-refractivity contribution in [2.45, 2.75) is 6.54 Å². The summed E-state index contributed by atoms with van der Waals surface area (Å²) in [6.45, 7) is 1.84. The fourth-order valence-electron chi connectivity index (χ4n) is 2.66. The van der Waals surface area contributed by atoms with Gasteiger partial charge >= 0.3 is 0 Å². The number of hydrogen-bond donors (Lipinski definition) is 1. The summed E-state index contributed by atoms with van der Waals surface area (Å²) in [6.07, 6.45) is 0. The minimum atomic E-state index is -2.85. The first-order chi connectivity index (χ1) is 10.9. The number of phenols is 1. The Morgan fingerprint density at radius 1 is 1.00 bits per heavy atom. The smallest absolute Gasteiger partial charge is 0.164 e. The van der Waals surface area contributed by atoms with Crippen molar-refractivity contribution in [3.63, 3.8) is 0 Å². The van der Waals surface area contributed by atoms with Crippen LogP contribution in [-0.2, 0) is 16.4 Å². The monoisotopic (exact) mass is 335 g/mol. The van der Waals surface area contributed by atoms with Gasteiger partial charge in [-0.2, -0.15) is 0 Å². The average molecular weight is 335 g/mol. The van der Waals surface area contributed by atoms with Gasteiger partial charge in [-0.25, -0.2) is 12.8 Å². The molecule has 0 aliphatic carbocycles. The van der Waals surface area contributed by atoms with Crippen LogP contribution < -0.4 is 0 Å². The van der Waals surface area contributed by atoms with Crippen LogP contribution in [0.15, 0.2) is 42.5 Å². The highest BCUT2D eigenvalue weighted by molar-refractivity contribution is 7.91. The van der Waals surface area contributed by atoms with E-state index in [0.717, 1.165) is 16.7 Å². The predicted molar refractivity (Wildman–Crippen MR) is 87.4 cm³/mol. The highest BCUT2D eigenvalue weighted by atomic mass is 32.2. The average Bonchev–Trinajstić information content (AvgIpc) is 2.53. The Labute approximate surface area is 135 Å². The maximum Gasteiger partial charge on any atom is 0.164 e. The molecule has 2 aromatic rings. The minimum Gasteiger partial charge on any atom is -0.505 e. The van der Waals surface area contributed by atoms with Crippen molar-refractivity contribution in [2.24, 2.45) is 0 Å². The molecule has 0 saturated carbocycles. The van der Waals surface area contributed by atoms with Crippen LogP contribution in [0.3, 0.4) is 0 Å². The van der Waals surface area contributed by atoms with Crippen LogP contribution in [0.1, 0.15) is 5.56 Å². The number of benzene rings is 2. The van der Waals surface area contributed by atoms with E-state index in [2.05, 4.69) is 4.90 Å². The lowest BCUT2D eigenvalue weighted by Gasteiger charge is -2.26. The highest BCUT2D eigenvalue weighted by Gasteiger charge is 2.21. The molecular formula is C17H18FNO3S. The Morgan fingerprint density at radius 2 is 1.61 bits per heavy atom. The van der Waals surface area contributed by atoms with Crippen LogP contribution in [-0.4, -0.2) is 43.0 Å². The molecular weight excluding hydrogens is 317 g/mol. The number of halogens is 1. The van der Waals surface area contributed by atoms with E-state index in [1.54, 1.807) is 6.07 Å². The Morgan fingerprint density at radius 3 is 2.22 bits per heavy atom. The fourth-order valence-corrected chi connectivity index (χ4v) is 3.94. The van der Waals surface area contributed by atoms with Gasteiger partial charge in [0.1, 0.15) is 0 Å². The minimum absolute atomic E-state index is 0.222. The van der Waals surface area contributed by atoms with Gasteiger partial charge in [-0.1, -0.05) is 30.3 Å². The lowest BCUT2D eigenvalue weighted by Crippen LogP contribution is -2.39. The number of hydrogen-bond acceptors (Lipinski definition) is 4. The summed E-state index contributed by atoms with van der Waals surface area (Å²) in [7, 11) is -2.85. The molecule has 0 aromatic heterocycles. The molecule has 6 heteroatoms. The summed E-state index contributed by atoms with van der Waals surface area (Å²) in [4.78, 5) is 2.12. The van der Waals surface area contributed by atoms with Crippen molar-refractivity contribution in [1.29, 1.82) is 0 Å². The molecule has 0 spiro atoms. The van der Waals surface area contributed by atoms with Gasteiger partial charge in [0.15, 0.2) is 21.4 Å². The third-order valence-electron chi connectivity index (χ3n) is 4.08. The van der Waals surface area contributed by atoms with Crippen LogP contribution in [0.2, 0.25) is 0 Å². The van der Waals surface area contributed by atoms with Crippen LogP contribution in [0, 0.1) is 5.82 Å². The molecule has 2 aromatic carbocycles. The number of nitrogens with zero attached hydrogens (tertiary/aromatic N) is 1. The summed E-state index contributed by atoms with van der Waals surface area (Å²) in [6, 6.07) is 12.1. The summed E-state index contributed by atoms with van der Waals surface area (Å²) in [5.74, 6) is -0.550. The van der Waals surface area contributed by atoms with Crippen molar-refractivity contribution in [3.8, 4) is 16.9 Å². The first kappa shape index (κ1) is 16.0. The second-order valence-electron chi connectivity index (χ2n) is 5.79. The summed E-state index contributed by atoms with van der Waals surface area (Å²) >= 11 is 0. The lowest BCUT2D eigenvalue weighted by molar-refractivity contribution is 0.287. The Bertz CT molecular complexity index is 789. The molecule has 4 nitrogen and oxygen atoms in total. The first-order valence-electron chi connectivity index (χ1n) is 7.43. The lowest BCUT2D eigenvalue weighted by atomic mass is 10.0. The molecule has 122 valence electrons. The van der Waals surface area contributed by atoms with Gasteiger partial charge in [0.2, 0.25) is 0 Å². The molecule has 0 amide bonds. The fraction of sp³-hybridized carbons (Fsp3) is 0.294. The SMILES string of the molecule is O=S1(=O)CCN(Cc2ccc(-c3ccc(F)c(O)c3)cc2)CC1. The molecule has 23 heavy (non-hydrogen) atoms. The van der Waals surface area contributed by atoms with E-state index in [0.29, 0.717) is 19.6 Å². The van der Waals surface area contributed by atoms with Crippen molar-refractivity contribution >= 4 is 9.84 Å². The van der Waals surface area contributed by atoms with Gasteiger partial charge in [0.05, 0.1) is 11.5 Å². The third kappa shape index (κ3) is 3.89. The molecule has 1 heterocycles. The summed E-state index contributed by atoms with van der Waals surface area (Å²) in [5, 5.41) is 9.44. The zero-order valence-electron chi connectivity index (χ0n) is 12.6. The maximum atomic E-state index is 13.1. The van der Waals surface area contributed by atoms with Crippen LogP contribution >= 0.6 is 0 Å². The van der Waals surface area contributed by atoms with Crippen LogP contribution in [0.5, 0.6) is 5.75 Å². The van der Waals surface area contributed by atoms with Crippen molar-refractivity contribution in [2.75, 3.05) is 24.6 Å². The second-order valence-corrected chi connectivity index (χ2v) is 8.09. The first-order valence-corrected chi connectivity index (χ1v) is 9.26. The van der Waals surface area contributed by atoms with Gasteiger partial charge < -0.3 is 5.11 Å². The third-order valence-corrected chi connectivity index (χ3v) is 5.69. The van der Waals surface area contributed by atoms with E-state index in [4.69, 9.17) is 0 Å². The number of rotatable bonds is 3. The summed E-state index contributed by atoms with van der Waals surface area (Å²) in [5.41, 5.74) is 2.74. The van der Waals surface area contributed by atoms with Crippen LogP contribution in [0.25, 0.3) is 11.1 Å².